The highest BCUT2D eigenvalue weighted by molar-refractivity contribution is 5.80. The molecule has 2 aliphatic carbocycles. The first kappa shape index (κ1) is 34.6. The van der Waals surface area contributed by atoms with Crippen molar-refractivity contribution < 1.29 is 53.7 Å². The molecule has 12 nitrogen and oxygen atoms in total. The molecule has 4 rings (SSSR count). The minimum absolute atomic E-state index is 0.00990. The fourth-order valence-electron chi connectivity index (χ4n) is 7.07. The average Bonchev–Trinajstić information content (AvgIpc) is 2.96. The van der Waals surface area contributed by atoms with Crippen molar-refractivity contribution in [3.63, 3.8) is 0 Å². The van der Waals surface area contributed by atoms with E-state index in [-0.39, 0.29) is 17.6 Å². The van der Waals surface area contributed by atoms with E-state index < -0.39 is 79.7 Å². The minimum atomic E-state index is -1.46. The van der Waals surface area contributed by atoms with Gasteiger partial charge in [0.15, 0.2) is 18.4 Å². The summed E-state index contributed by atoms with van der Waals surface area (Å²) in [6.07, 6.45) is -3.42. The van der Waals surface area contributed by atoms with Crippen LogP contribution in [0.1, 0.15) is 92.4 Å². The Morgan fingerprint density at radius 3 is 2.07 bits per heavy atom. The van der Waals surface area contributed by atoms with Gasteiger partial charge in [-0.05, 0) is 51.9 Å². The summed E-state index contributed by atoms with van der Waals surface area (Å²) in [6.45, 7) is 8.15. The molecule has 0 spiro atoms. The summed E-state index contributed by atoms with van der Waals surface area (Å²) in [5.74, 6) is -0.138. The zero-order valence-corrected chi connectivity index (χ0v) is 26.2. The number of ketones is 1. The van der Waals surface area contributed by atoms with Gasteiger partial charge in [0.05, 0.1) is 24.4 Å². The molecule has 0 bridgehead atoms. The van der Waals surface area contributed by atoms with Crippen molar-refractivity contribution in [1.82, 2.24) is 5.32 Å². The normalized spacial score (nSPS) is 43.6. The van der Waals surface area contributed by atoms with Crippen molar-refractivity contribution >= 4 is 11.7 Å². The maximum atomic E-state index is 12.7. The molecular weight excluding hydrogens is 562 g/mol. The number of aliphatic hydroxyl groups excluding tert-OH is 4. The Kier molecular flexibility index (Phi) is 12.4. The third kappa shape index (κ3) is 8.53. The molecule has 4 fully saturated rings. The van der Waals surface area contributed by atoms with Crippen LogP contribution in [-0.2, 0) is 33.3 Å². The van der Waals surface area contributed by atoms with Crippen LogP contribution in [-0.4, -0.2) is 112 Å². The van der Waals surface area contributed by atoms with Gasteiger partial charge in [0.2, 0.25) is 5.91 Å². The predicted molar refractivity (Wildman–Crippen MR) is 154 cm³/mol. The lowest BCUT2D eigenvalue weighted by molar-refractivity contribution is -0.334. The smallest absolute Gasteiger partial charge is 0.217 e. The van der Waals surface area contributed by atoms with Crippen molar-refractivity contribution in [2.24, 2.45) is 11.8 Å². The molecule has 0 aromatic heterocycles. The van der Waals surface area contributed by atoms with Gasteiger partial charge in [-0.1, -0.05) is 45.4 Å². The number of rotatable bonds is 10. The van der Waals surface area contributed by atoms with E-state index in [9.17, 15) is 30.0 Å². The second-order valence-electron chi connectivity index (χ2n) is 13.2. The molecule has 2 heterocycles. The number of hydrogen-bond acceptors (Lipinski definition) is 11. The van der Waals surface area contributed by atoms with Crippen molar-refractivity contribution in [1.29, 1.82) is 0 Å². The average molecular weight is 616 g/mol. The van der Waals surface area contributed by atoms with Crippen LogP contribution in [0.5, 0.6) is 0 Å². The van der Waals surface area contributed by atoms with Gasteiger partial charge in [-0.15, -0.1) is 0 Å². The van der Waals surface area contributed by atoms with Crippen molar-refractivity contribution in [2.45, 2.75) is 172 Å². The molecule has 14 atom stereocenters. The van der Waals surface area contributed by atoms with Crippen molar-refractivity contribution in [3.8, 4) is 0 Å². The summed E-state index contributed by atoms with van der Waals surface area (Å²) in [5.41, 5.74) is 0. The lowest BCUT2D eigenvalue weighted by atomic mass is 9.84. The van der Waals surface area contributed by atoms with Crippen LogP contribution in [0.4, 0.5) is 0 Å². The number of Topliss-reactive ketones (excluding diaryl/α,β-unsaturated/α-hetero) is 1. The summed E-state index contributed by atoms with van der Waals surface area (Å²) >= 11 is 0. The van der Waals surface area contributed by atoms with Gasteiger partial charge in [0.25, 0.3) is 0 Å². The van der Waals surface area contributed by atoms with Crippen LogP contribution < -0.4 is 5.32 Å². The van der Waals surface area contributed by atoms with Gasteiger partial charge >= 0.3 is 0 Å². The summed E-state index contributed by atoms with van der Waals surface area (Å²) < 4.78 is 31.0. The van der Waals surface area contributed by atoms with Gasteiger partial charge in [-0.25, -0.2) is 0 Å². The van der Waals surface area contributed by atoms with Gasteiger partial charge in [-0.2, -0.15) is 0 Å². The first-order valence-corrected chi connectivity index (χ1v) is 16.1. The largest absolute Gasteiger partial charge is 0.388 e. The Morgan fingerprint density at radius 2 is 1.42 bits per heavy atom. The molecule has 5 unspecified atom stereocenters. The van der Waals surface area contributed by atoms with Gasteiger partial charge < -0.3 is 49.4 Å². The van der Waals surface area contributed by atoms with Gasteiger partial charge in [-0.3, -0.25) is 9.59 Å². The molecular formula is C31H53NO11. The van der Waals surface area contributed by atoms with E-state index in [4.69, 9.17) is 23.7 Å². The zero-order chi connectivity index (χ0) is 31.4. The van der Waals surface area contributed by atoms with Crippen LogP contribution in [0.15, 0.2) is 0 Å². The topological polar surface area (TPSA) is 173 Å². The first-order valence-electron chi connectivity index (χ1n) is 16.1. The Hall–Kier alpha value is -1.22. The van der Waals surface area contributed by atoms with Crippen molar-refractivity contribution in [3.05, 3.63) is 0 Å². The zero-order valence-electron chi connectivity index (χ0n) is 26.2. The number of aliphatic hydroxyl groups is 4. The highest BCUT2D eigenvalue weighted by Crippen LogP contribution is 2.36. The summed E-state index contributed by atoms with van der Waals surface area (Å²) in [4.78, 5) is 25.1. The molecule has 0 radical (unpaired) electrons. The summed E-state index contributed by atoms with van der Waals surface area (Å²) in [7, 11) is 0. The van der Waals surface area contributed by atoms with E-state index in [0.29, 0.717) is 18.8 Å². The third-order valence-corrected chi connectivity index (χ3v) is 9.71. The van der Waals surface area contributed by atoms with E-state index in [1.165, 1.54) is 20.3 Å². The van der Waals surface area contributed by atoms with E-state index in [1.54, 1.807) is 13.8 Å². The Balaban J connectivity index is 1.53. The highest BCUT2D eigenvalue weighted by Gasteiger charge is 2.50. The van der Waals surface area contributed by atoms with Gasteiger partial charge in [0, 0.05) is 6.92 Å². The summed E-state index contributed by atoms with van der Waals surface area (Å²) in [6, 6.07) is -0.914. The van der Waals surface area contributed by atoms with Crippen LogP contribution >= 0.6 is 0 Å². The molecule has 43 heavy (non-hydrogen) atoms. The van der Waals surface area contributed by atoms with Crippen LogP contribution in [0.2, 0.25) is 0 Å². The number of amides is 1. The maximum absolute atomic E-state index is 12.7. The van der Waals surface area contributed by atoms with Crippen LogP contribution in [0.3, 0.4) is 0 Å². The lowest BCUT2D eigenvalue weighted by Crippen LogP contribution is -2.66. The molecule has 0 aromatic carbocycles. The number of carbonyl (C=O) groups excluding carboxylic acids is 2. The fourth-order valence-corrected chi connectivity index (χ4v) is 7.07. The number of nitrogens with one attached hydrogen (secondary N) is 1. The maximum Gasteiger partial charge on any atom is 0.217 e. The minimum Gasteiger partial charge on any atom is -0.388 e. The number of carbonyl (C=O) groups is 2. The van der Waals surface area contributed by atoms with E-state index in [0.717, 1.165) is 38.5 Å². The predicted octanol–water partition coefficient (Wildman–Crippen LogP) is 1.33. The number of hydrogen-bond donors (Lipinski definition) is 5. The Labute approximate surface area is 254 Å². The molecule has 1 amide bonds. The molecule has 2 saturated heterocycles. The quantitative estimate of drug-likeness (QED) is 0.240. The molecule has 248 valence electrons. The lowest BCUT2D eigenvalue weighted by Gasteiger charge is -2.48. The molecule has 0 aromatic rings. The fraction of sp³-hybridized carbons (Fsp3) is 0.935. The molecule has 2 saturated carbocycles. The summed E-state index contributed by atoms with van der Waals surface area (Å²) in [5, 5.41) is 45.1. The molecule has 5 N–H and O–H groups in total. The highest BCUT2D eigenvalue weighted by atomic mass is 16.7. The van der Waals surface area contributed by atoms with E-state index in [1.807, 2.05) is 6.92 Å². The first-order chi connectivity index (χ1) is 20.4. The SMILES string of the molecule is CC(=O)NC1C(O[C@@H](CC2CCCCC2)C(C)=O)[C@@H](O)[C@H](C)O[C@H]1O[C@@H]1CCCC(C)[C@H]1OC1O[C@@H](C)[C@H](O)C(O)[C@@H]1O. The standard InChI is InChI=1S/C31H53NO11/c1-15-10-9-13-21(28(15)43-31-27(38)26(37)24(35)17(3)40-31)42-30-23(32-19(5)34)29(25(36)18(4)39-30)41-22(16(2)33)14-20-11-7-6-8-12-20/h15,17-18,20-31,35-38H,6-14H2,1-5H3,(H,32,34)/t15?,17-,18-,21+,22-,23?,24-,25-,26?,27-,28+,29?,30-,31?/m0/s1. The van der Waals surface area contributed by atoms with Crippen molar-refractivity contribution in [2.75, 3.05) is 0 Å². The monoisotopic (exact) mass is 615 g/mol. The van der Waals surface area contributed by atoms with Gasteiger partial charge in [0.1, 0.15) is 42.7 Å². The molecule has 2 aliphatic heterocycles. The second kappa shape index (κ2) is 15.4. The molecule has 12 heteroatoms. The second-order valence-corrected chi connectivity index (χ2v) is 13.2. The Morgan fingerprint density at radius 1 is 0.767 bits per heavy atom. The van der Waals surface area contributed by atoms with E-state index >= 15 is 0 Å². The van der Waals surface area contributed by atoms with Crippen LogP contribution in [0, 0.1) is 11.8 Å². The molecule has 4 aliphatic rings. The van der Waals surface area contributed by atoms with Crippen LogP contribution in [0.25, 0.3) is 0 Å². The Bertz CT molecular complexity index is 916. The van der Waals surface area contributed by atoms with E-state index in [2.05, 4.69) is 5.32 Å². The third-order valence-electron chi connectivity index (χ3n) is 9.71. The number of ether oxygens (including phenoxy) is 5.